The second-order valence-corrected chi connectivity index (χ2v) is 6.27. The maximum atomic E-state index is 10.0. The van der Waals surface area contributed by atoms with Crippen molar-refractivity contribution < 1.29 is 14.6 Å². The van der Waals surface area contributed by atoms with Gasteiger partial charge >= 0.3 is 0 Å². The van der Waals surface area contributed by atoms with Gasteiger partial charge in [0.1, 0.15) is 0 Å². The van der Waals surface area contributed by atoms with Gasteiger partial charge in [0.2, 0.25) is 0 Å². The third-order valence-corrected chi connectivity index (χ3v) is 4.44. The molecule has 0 amide bonds. The van der Waals surface area contributed by atoms with Crippen molar-refractivity contribution >= 4 is 0 Å². The summed E-state index contributed by atoms with van der Waals surface area (Å²) in [6.45, 7) is 4.34. The molecule has 0 saturated heterocycles. The van der Waals surface area contributed by atoms with Crippen molar-refractivity contribution in [3.8, 4) is 0 Å². The largest absolute Gasteiger partial charge is 0.394 e. The minimum atomic E-state index is -0.122. The first-order chi connectivity index (χ1) is 9.74. The molecule has 1 atom stereocenters. The molecule has 5 nitrogen and oxygen atoms in total. The highest BCUT2D eigenvalue weighted by Crippen LogP contribution is 2.41. The Balaban J connectivity index is 1.93. The van der Waals surface area contributed by atoms with Crippen molar-refractivity contribution in [2.75, 3.05) is 53.7 Å². The molecule has 2 aliphatic carbocycles. The van der Waals surface area contributed by atoms with Crippen LogP contribution in [0.2, 0.25) is 0 Å². The van der Waals surface area contributed by atoms with Crippen molar-refractivity contribution in [2.45, 2.75) is 37.3 Å². The molecule has 0 radical (unpaired) electrons. The summed E-state index contributed by atoms with van der Waals surface area (Å²) in [4.78, 5) is 2.36. The first-order valence-electron chi connectivity index (χ1n) is 7.83. The molecule has 20 heavy (non-hydrogen) atoms. The highest BCUT2D eigenvalue weighted by molar-refractivity contribution is 5.06. The molecule has 5 heteroatoms. The number of aliphatic hydroxyl groups excluding tert-OH is 1. The van der Waals surface area contributed by atoms with Crippen molar-refractivity contribution in [1.29, 1.82) is 0 Å². The van der Waals surface area contributed by atoms with Crippen molar-refractivity contribution in [3.63, 3.8) is 0 Å². The normalized spacial score (nSPS) is 22.2. The zero-order valence-electron chi connectivity index (χ0n) is 12.9. The first-order valence-corrected chi connectivity index (χ1v) is 7.83. The van der Waals surface area contributed by atoms with E-state index in [2.05, 4.69) is 10.2 Å². The Morgan fingerprint density at radius 1 is 1.10 bits per heavy atom. The van der Waals surface area contributed by atoms with Crippen molar-refractivity contribution in [2.24, 2.45) is 5.92 Å². The number of rotatable bonds is 12. The van der Waals surface area contributed by atoms with E-state index in [9.17, 15) is 5.11 Å². The predicted octanol–water partition coefficient (Wildman–Crippen LogP) is 0.474. The molecule has 118 valence electrons. The second kappa shape index (κ2) is 7.71. The van der Waals surface area contributed by atoms with Crippen LogP contribution in [0.1, 0.15) is 25.7 Å². The second-order valence-electron chi connectivity index (χ2n) is 6.27. The van der Waals surface area contributed by atoms with Crippen LogP contribution in [0.5, 0.6) is 0 Å². The van der Waals surface area contributed by atoms with Gasteiger partial charge in [0, 0.05) is 39.9 Å². The lowest BCUT2D eigenvalue weighted by Crippen LogP contribution is -2.59. The molecule has 2 saturated carbocycles. The number of ether oxygens (including phenoxy) is 2. The minimum absolute atomic E-state index is 0.122. The fraction of sp³-hybridized carbons (Fsp3) is 1.00. The van der Waals surface area contributed by atoms with Gasteiger partial charge in [-0.3, -0.25) is 4.90 Å². The van der Waals surface area contributed by atoms with E-state index in [1.54, 1.807) is 14.2 Å². The van der Waals surface area contributed by atoms with Crippen LogP contribution in [0.3, 0.4) is 0 Å². The topological polar surface area (TPSA) is 54.0 Å². The lowest BCUT2D eigenvalue weighted by molar-refractivity contribution is 0.0575. The SMILES string of the molecule is COCCN(CCOC)CC(CO)(NC1CC1)C1CC1. The molecular weight excluding hydrogens is 256 g/mol. The number of hydrogen-bond donors (Lipinski definition) is 2. The highest BCUT2D eigenvalue weighted by atomic mass is 16.5. The Bertz CT molecular complexity index is 274. The van der Waals surface area contributed by atoms with E-state index in [0.29, 0.717) is 12.0 Å². The maximum Gasteiger partial charge on any atom is 0.0628 e. The molecule has 0 heterocycles. The van der Waals surface area contributed by atoms with Crippen LogP contribution >= 0.6 is 0 Å². The molecule has 0 spiro atoms. The van der Waals surface area contributed by atoms with E-state index >= 15 is 0 Å². The molecule has 2 fully saturated rings. The quantitative estimate of drug-likeness (QED) is 0.546. The van der Waals surface area contributed by atoms with Crippen LogP contribution in [0, 0.1) is 5.92 Å². The van der Waals surface area contributed by atoms with Gasteiger partial charge in [0.25, 0.3) is 0 Å². The van der Waals surface area contributed by atoms with E-state index in [1.165, 1.54) is 25.7 Å². The number of nitrogens with zero attached hydrogens (tertiary/aromatic N) is 1. The fourth-order valence-corrected chi connectivity index (χ4v) is 2.90. The van der Waals surface area contributed by atoms with Crippen LogP contribution in [0.15, 0.2) is 0 Å². The zero-order valence-corrected chi connectivity index (χ0v) is 12.9. The van der Waals surface area contributed by atoms with Gasteiger partial charge in [-0.2, -0.15) is 0 Å². The number of aliphatic hydroxyl groups is 1. The third-order valence-electron chi connectivity index (χ3n) is 4.44. The first kappa shape index (κ1) is 16.2. The Morgan fingerprint density at radius 2 is 1.70 bits per heavy atom. The number of hydrogen-bond acceptors (Lipinski definition) is 5. The maximum absolute atomic E-state index is 10.0. The van der Waals surface area contributed by atoms with Gasteiger partial charge in [-0.15, -0.1) is 0 Å². The summed E-state index contributed by atoms with van der Waals surface area (Å²) >= 11 is 0. The zero-order chi connectivity index (χ0) is 14.4. The Morgan fingerprint density at radius 3 is 2.10 bits per heavy atom. The average Bonchev–Trinajstić information content (AvgIpc) is 3.33. The summed E-state index contributed by atoms with van der Waals surface area (Å²) < 4.78 is 10.4. The molecule has 2 rings (SSSR count). The standard InChI is InChI=1S/C15H30N2O3/c1-19-9-7-17(8-10-20-2)11-15(12-18,13-3-4-13)16-14-5-6-14/h13-14,16,18H,3-12H2,1-2H3. The van der Waals surface area contributed by atoms with Crippen LogP contribution in [0.4, 0.5) is 0 Å². The van der Waals surface area contributed by atoms with Crippen molar-refractivity contribution in [1.82, 2.24) is 10.2 Å². The summed E-state index contributed by atoms with van der Waals surface area (Å²) in [5, 5.41) is 13.7. The Labute approximate surface area is 122 Å². The molecule has 0 bridgehead atoms. The van der Waals surface area contributed by atoms with Gasteiger partial charge in [-0.05, 0) is 31.6 Å². The molecular formula is C15H30N2O3. The van der Waals surface area contributed by atoms with E-state index in [0.717, 1.165) is 32.8 Å². The fourth-order valence-electron chi connectivity index (χ4n) is 2.90. The predicted molar refractivity (Wildman–Crippen MR) is 78.9 cm³/mol. The highest BCUT2D eigenvalue weighted by Gasteiger charge is 2.48. The van der Waals surface area contributed by atoms with Crippen LogP contribution < -0.4 is 5.32 Å². The van der Waals surface area contributed by atoms with Crippen LogP contribution in [-0.4, -0.2) is 75.3 Å². The molecule has 0 aromatic carbocycles. The summed E-state index contributed by atoms with van der Waals surface area (Å²) in [5.74, 6) is 0.626. The number of methoxy groups -OCH3 is 2. The summed E-state index contributed by atoms with van der Waals surface area (Å²) in [7, 11) is 3.47. The van der Waals surface area contributed by atoms with E-state index < -0.39 is 0 Å². The minimum Gasteiger partial charge on any atom is -0.394 e. The van der Waals surface area contributed by atoms with Gasteiger partial charge in [0.15, 0.2) is 0 Å². The average molecular weight is 286 g/mol. The Hall–Kier alpha value is -0.200. The van der Waals surface area contributed by atoms with E-state index in [4.69, 9.17) is 9.47 Å². The monoisotopic (exact) mass is 286 g/mol. The molecule has 2 N–H and O–H groups in total. The van der Waals surface area contributed by atoms with Gasteiger partial charge in [0.05, 0.1) is 25.4 Å². The third kappa shape index (κ3) is 4.67. The smallest absolute Gasteiger partial charge is 0.0628 e. The van der Waals surface area contributed by atoms with E-state index in [-0.39, 0.29) is 12.1 Å². The summed E-state index contributed by atoms with van der Waals surface area (Å²) in [5.41, 5.74) is -0.122. The molecule has 1 unspecified atom stereocenters. The lowest BCUT2D eigenvalue weighted by atomic mass is 9.92. The van der Waals surface area contributed by atoms with Gasteiger partial charge < -0.3 is 19.9 Å². The molecule has 0 aromatic heterocycles. The van der Waals surface area contributed by atoms with Gasteiger partial charge in [-0.1, -0.05) is 0 Å². The lowest BCUT2D eigenvalue weighted by Gasteiger charge is -2.38. The molecule has 0 aromatic rings. The van der Waals surface area contributed by atoms with Crippen LogP contribution in [-0.2, 0) is 9.47 Å². The molecule has 2 aliphatic rings. The summed E-state index contributed by atoms with van der Waals surface area (Å²) in [6.07, 6.45) is 4.99. The molecule has 0 aliphatic heterocycles. The van der Waals surface area contributed by atoms with E-state index in [1.807, 2.05) is 0 Å². The van der Waals surface area contributed by atoms with Gasteiger partial charge in [-0.25, -0.2) is 0 Å². The van der Waals surface area contributed by atoms with Crippen molar-refractivity contribution in [3.05, 3.63) is 0 Å². The summed E-state index contributed by atoms with van der Waals surface area (Å²) in [6, 6.07) is 0.620. The Kier molecular flexibility index (Phi) is 6.23. The number of nitrogens with one attached hydrogen (secondary N) is 1. The van der Waals surface area contributed by atoms with Crippen LogP contribution in [0.25, 0.3) is 0 Å².